The van der Waals surface area contributed by atoms with Crippen molar-refractivity contribution in [2.45, 2.75) is 78.6 Å². The third-order valence-corrected chi connectivity index (χ3v) is 5.21. The van der Waals surface area contributed by atoms with Gasteiger partial charge in [0, 0.05) is 6.04 Å². The number of ether oxygens (including phenoxy) is 2. The number of carbonyl (C=O) groups is 4. The van der Waals surface area contributed by atoms with Crippen LogP contribution in [0.3, 0.4) is 0 Å². The molecular formula is C25H39N3O7. The standard InChI is InChI=1S/C25H39N3O7/c1-9-17(4)28(23(32)19(14-29)27-24(33)35-25(5,6)7)21(22(31)26-13-20(30)34-8)18-11-15(2)10-16(3)12-18/h10-12,17,19,21,29H,9,13-14H2,1-8H3,(H,26,31)(H,27,33). The Bertz CT molecular complexity index is 891. The quantitative estimate of drug-likeness (QED) is 0.425. The third kappa shape index (κ3) is 9.20. The van der Waals surface area contributed by atoms with Crippen molar-refractivity contribution in [3.8, 4) is 0 Å². The summed E-state index contributed by atoms with van der Waals surface area (Å²) in [5, 5.41) is 14.9. The van der Waals surface area contributed by atoms with Gasteiger partial charge in [-0.3, -0.25) is 14.4 Å². The molecule has 0 radical (unpaired) electrons. The number of aliphatic hydroxyl groups excluding tert-OH is 1. The summed E-state index contributed by atoms with van der Waals surface area (Å²) in [5.41, 5.74) is 1.49. The molecule has 0 heterocycles. The first-order valence-electron chi connectivity index (χ1n) is 11.6. The average molecular weight is 494 g/mol. The molecule has 0 spiro atoms. The van der Waals surface area contributed by atoms with E-state index < -0.39 is 54.2 Å². The normalized spacial score (nSPS) is 13.7. The first-order chi connectivity index (χ1) is 16.2. The number of aliphatic hydroxyl groups is 1. The van der Waals surface area contributed by atoms with Gasteiger partial charge in [0.15, 0.2) is 0 Å². The second-order valence-corrected chi connectivity index (χ2v) is 9.50. The Balaban J connectivity index is 3.49. The molecule has 10 heteroatoms. The number of aryl methyl sites for hydroxylation is 2. The van der Waals surface area contributed by atoms with Gasteiger partial charge < -0.3 is 30.1 Å². The van der Waals surface area contributed by atoms with Gasteiger partial charge in [-0.1, -0.05) is 36.2 Å². The van der Waals surface area contributed by atoms with Crippen molar-refractivity contribution in [1.82, 2.24) is 15.5 Å². The van der Waals surface area contributed by atoms with Crippen LogP contribution in [0.15, 0.2) is 18.2 Å². The van der Waals surface area contributed by atoms with Crippen molar-refractivity contribution in [3.05, 3.63) is 34.9 Å². The largest absolute Gasteiger partial charge is 0.468 e. The molecule has 0 aliphatic rings. The summed E-state index contributed by atoms with van der Waals surface area (Å²) in [5.74, 6) is -1.90. The minimum absolute atomic E-state index is 0.376. The summed E-state index contributed by atoms with van der Waals surface area (Å²) >= 11 is 0. The van der Waals surface area contributed by atoms with Gasteiger partial charge >= 0.3 is 12.1 Å². The molecule has 0 aromatic heterocycles. The van der Waals surface area contributed by atoms with Gasteiger partial charge in [-0.05, 0) is 53.5 Å². The lowest BCUT2D eigenvalue weighted by atomic mass is 9.96. The number of esters is 1. The van der Waals surface area contributed by atoms with Crippen LogP contribution in [0.1, 0.15) is 63.8 Å². The molecule has 3 unspecified atom stereocenters. The first-order valence-corrected chi connectivity index (χ1v) is 11.6. The number of methoxy groups -OCH3 is 1. The van der Waals surface area contributed by atoms with Crippen molar-refractivity contribution in [2.24, 2.45) is 0 Å². The maximum absolute atomic E-state index is 13.7. The highest BCUT2D eigenvalue weighted by Crippen LogP contribution is 2.28. The highest BCUT2D eigenvalue weighted by molar-refractivity contribution is 5.93. The average Bonchev–Trinajstić information content (AvgIpc) is 2.76. The lowest BCUT2D eigenvalue weighted by Crippen LogP contribution is -2.56. The monoisotopic (exact) mass is 493 g/mol. The molecule has 3 atom stereocenters. The van der Waals surface area contributed by atoms with E-state index in [9.17, 15) is 24.3 Å². The predicted molar refractivity (Wildman–Crippen MR) is 131 cm³/mol. The number of amides is 3. The lowest BCUT2D eigenvalue weighted by Gasteiger charge is -2.38. The van der Waals surface area contributed by atoms with E-state index in [1.54, 1.807) is 39.8 Å². The molecule has 1 rings (SSSR count). The van der Waals surface area contributed by atoms with E-state index in [0.717, 1.165) is 11.1 Å². The van der Waals surface area contributed by atoms with Gasteiger partial charge in [-0.2, -0.15) is 0 Å². The van der Waals surface area contributed by atoms with Gasteiger partial charge in [0.1, 0.15) is 24.2 Å². The fourth-order valence-corrected chi connectivity index (χ4v) is 3.55. The second kappa shape index (κ2) is 13.1. The van der Waals surface area contributed by atoms with E-state index in [4.69, 9.17) is 4.74 Å². The molecule has 0 fully saturated rings. The van der Waals surface area contributed by atoms with Crippen molar-refractivity contribution < 1.29 is 33.8 Å². The van der Waals surface area contributed by atoms with Crippen LogP contribution in [0.4, 0.5) is 4.79 Å². The maximum atomic E-state index is 13.7. The number of hydrogen-bond donors (Lipinski definition) is 3. The summed E-state index contributed by atoms with van der Waals surface area (Å²) in [6.07, 6.45) is -0.380. The van der Waals surface area contributed by atoms with Crippen LogP contribution in [-0.2, 0) is 23.9 Å². The Kier molecular flexibility index (Phi) is 11.2. The summed E-state index contributed by atoms with van der Waals surface area (Å²) in [6, 6.07) is 2.58. The Labute approximate surface area is 207 Å². The predicted octanol–water partition coefficient (Wildman–Crippen LogP) is 2.15. The smallest absolute Gasteiger partial charge is 0.408 e. The molecule has 10 nitrogen and oxygen atoms in total. The Morgan fingerprint density at radius 3 is 2.11 bits per heavy atom. The number of rotatable bonds is 10. The molecular weight excluding hydrogens is 454 g/mol. The van der Waals surface area contributed by atoms with Crippen LogP contribution in [-0.4, -0.2) is 71.8 Å². The van der Waals surface area contributed by atoms with Crippen molar-refractivity contribution in [1.29, 1.82) is 0 Å². The van der Waals surface area contributed by atoms with Crippen LogP contribution in [0, 0.1) is 13.8 Å². The number of nitrogens with zero attached hydrogens (tertiary/aromatic N) is 1. The van der Waals surface area contributed by atoms with E-state index in [1.165, 1.54) is 12.0 Å². The van der Waals surface area contributed by atoms with Gasteiger partial charge in [0.25, 0.3) is 0 Å². The van der Waals surface area contributed by atoms with Gasteiger partial charge in [-0.15, -0.1) is 0 Å². The summed E-state index contributed by atoms with van der Waals surface area (Å²) in [6.45, 7) is 11.3. The number of benzene rings is 1. The van der Waals surface area contributed by atoms with Gasteiger partial charge in [0.05, 0.1) is 13.7 Å². The maximum Gasteiger partial charge on any atom is 0.408 e. The topological polar surface area (TPSA) is 134 Å². The SMILES string of the molecule is CCC(C)N(C(=O)C(CO)NC(=O)OC(C)(C)C)C(C(=O)NCC(=O)OC)c1cc(C)cc(C)c1. The molecule has 3 N–H and O–H groups in total. The third-order valence-electron chi connectivity index (χ3n) is 5.21. The molecule has 0 saturated heterocycles. The molecule has 1 aromatic rings. The molecule has 0 bridgehead atoms. The molecule has 0 aliphatic carbocycles. The molecule has 0 saturated carbocycles. The second-order valence-electron chi connectivity index (χ2n) is 9.50. The zero-order valence-electron chi connectivity index (χ0n) is 21.9. The highest BCUT2D eigenvalue weighted by Gasteiger charge is 2.38. The van der Waals surface area contributed by atoms with Crippen molar-refractivity contribution in [2.75, 3.05) is 20.3 Å². The van der Waals surface area contributed by atoms with Crippen LogP contribution in [0.5, 0.6) is 0 Å². The molecule has 3 amide bonds. The first kappa shape index (κ1) is 29.9. The fourth-order valence-electron chi connectivity index (χ4n) is 3.55. The minimum Gasteiger partial charge on any atom is -0.468 e. The van der Waals surface area contributed by atoms with Crippen molar-refractivity contribution in [3.63, 3.8) is 0 Å². The molecule has 1 aromatic carbocycles. The van der Waals surface area contributed by atoms with Crippen LogP contribution < -0.4 is 10.6 Å². The van der Waals surface area contributed by atoms with E-state index in [1.807, 2.05) is 26.8 Å². The number of alkyl carbamates (subject to hydrolysis) is 1. The van der Waals surface area contributed by atoms with Crippen LogP contribution in [0.25, 0.3) is 0 Å². The highest BCUT2D eigenvalue weighted by atomic mass is 16.6. The Morgan fingerprint density at radius 2 is 1.66 bits per heavy atom. The fraction of sp³-hybridized carbons (Fsp3) is 0.600. The Hall–Kier alpha value is -3.14. The van der Waals surface area contributed by atoms with E-state index >= 15 is 0 Å². The summed E-state index contributed by atoms with van der Waals surface area (Å²) in [7, 11) is 1.21. The summed E-state index contributed by atoms with van der Waals surface area (Å²) < 4.78 is 9.84. The number of hydrogen-bond acceptors (Lipinski definition) is 7. The number of nitrogens with one attached hydrogen (secondary N) is 2. The summed E-state index contributed by atoms with van der Waals surface area (Å²) in [4.78, 5) is 52.4. The van der Waals surface area contributed by atoms with Crippen LogP contribution >= 0.6 is 0 Å². The Morgan fingerprint density at radius 1 is 1.09 bits per heavy atom. The van der Waals surface area contributed by atoms with E-state index in [-0.39, 0.29) is 6.54 Å². The lowest BCUT2D eigenvalue weighted by molar-refractivity contribution is -0.147. The van der Waals surface area contributed by atoms with Gasteiger partial charge in [0.2, 0.25) is 11.8 Å². The number of carbonyl (C=O) groups excluding carboxylic acids is 4. The zero-order chi connectivity index (χ0) is 26.9. The van der Waals surface area contributed by atoms with Crippen LogP contribution in [0.2, 0.25) is 0 Å². The zero-order valence-corrected chi connectivity index (χ0v) is 21.9. The molecule has 35 heavy (non-hydrogen) atoms. The van der Waals surface area contributed by atoms with Crippen molar-refractivity contribution >= 4 is 23.9 Å². The van der Waals surface area contributed by atoms with E-state index in [2.05, 4.69) is 15.4 Å². The molecule has 0 aliphatic heterocycles. The van der Waals surface area contributed by atoms with Gasteiger partial charge in [-0.25, -0.2) is 4.79 Å². The minimum atomic E-state index is -1.35. The van der Waals surface area contributed by atoms with E-state index in [0.29, 0.717) is 12.0 Å². The molecule has 196 valence electrons.